The van der Waals surface area contributed by atoms with E-state index in [4.69, 9.17) is 4.52 Å². The quantitative estimate of drug-likeness (QED) is 0.883. The number of anilines is 2. The molecule has 0 radical (unpaired) electrons. The molecule has 25 heavy (non-hydrogen) atoms. The van der Waals surface area contributed by atoms with E-state index in [1.165, 1.54) is 25.7 Å². The molecule has 1 N–H and O–H groups in total. The first kappa shape index (κ1) is 17.5. The number of nitrogens with zero attached hydrogens (tertiary/aromatic N) is 2. The SMILES string of the molecule is Cc1noc(C)c1CCC(=O)Nc1ccccc1N1CCCCCC1. The van der Waals surface area contributed by atoms with Crippen molar-refractivity contribution in [3.05, 3.63) is 41.3 Å². The number of para-hydroxylation sites is 2. The third-order valence-corrected chi connectivity index (χ3v) is 4.91. The molecule has 1 aliphatic heterocycles. The maximum atomic E-state index is 12.5. The summed E-state index contributed by atoms with van der Waals surface area (Å²) < 4.78 is 5.17. The lowest BCUT2D eigenvalue weighted by molar-refractivity contribution is -0.116. The Balaban J connectivity index is 1.65. The predicted molar refractivity (Wildman–Crippen MR) is 100 cm³/mol. The van der Waals surface area contributed by atoms with Crippen molar-refractivity contribution >= 4 is 17.3 Å². The number of amides is 1. The molecule has 0 unspecified atom stereocenters. The van der Waals surface area contributed by atoms with Crippen LogP contribution in [0, 0.1) is 13.8 Å². The number of carbonyl (C=O) groups excluding carboxylic acids is 1. The lowest BCUT2D eigenvalue weighted by Crippen LogP contribution is -2.25. The summed E-state index contributed by atoms with van der Waals surface area (Å²) in [5, 5.41) is 7.05. The zero-order valence-corrected chi connectivity index (χ0v) is 15.2. The molecule has 2 heterocycles. The maximum Gasteiger partial charge on any atom is 0.224 e. The third kappa shape index (κ3) is 4.41. The Hall–Kier alpha value is -2.30. The van der Waals surface area contributed by atoms with Crippen molar-refractivity contribution in [3.63, 3.8) is 0 Å². The highest BCUT2D eigenvalue weighted by Gasteiger charge is 2.16. The summed E-state index contributed by atoms with van der Waals surface area (Å²) >= 11 is 0. The standard InChI is InChI=1S/C20H27N3O2/c1-15-17(16(2)25-22-15)11-12-20(24)21-18-9-5-6-10-19(18)23-13-7-3-4-8-14-23/h5-6,9-10H,3-4,7-8,11-14H2,1-2H3,(H,21,24). The van der Waals surface area contributed by atoms with Gasteiger partial charge in [-0.2, -0.15) is 0 Å². The third-order valence-electron chi connectivity index (χ3n) is 4.91. The Bertz CT molecular complexity index is 696. The molecule has 0 atom stereocenters. The van der Waals surface area contributed by atoms with Crippen LogP contribution in [0.3, 0.4) is 0 Å². The lowest BCUT2D eigenvalue weighted by Gasteiger charge is -2.25. The van der Waals surface area contributed by atoms with E-state index in [0.717, 1.165) is 41.5 Å². The predicted octanol–water partition coefficient (Wildman–Crippen LogP) is 4.24. The van der Waals surface area contributed by atoms with Gasteiger partial charge in [0.15, 0.2) is 0 Å². The summed E-state index contributed by atoms with van der Waals surface area (Å²) in [5.41, 5.74) is 3.95. The van der Waals surface area contributed by atoms with Gasteiger partial charge in [-0.15, -0.1) is 0 Å². The zero-order valence-electron chi connectivity index (χ0n) is 15.2. The van der Waals surface area contributed by atoms with Gasteiger partial charge in [-0.1, -0.05) is 30.1 Å². The van der Waals surface area contributed by atoms with Gasteiger partial charge in [0.05, 0.1) is 17.1 Å². The van der Waals surface area contributed by atoms with Gasteiger partial charge in [-0.3, -0.25) is 4.79 Å². The van der Waals surface area contributed by atoms with Gasteiger partial charge in [0.2, 0.25) is 5.91 Å². The van der Waals surface area contributed by atoms with Crippen LogP contribution in [0.2, 0.25) is 0 Å². The van der Waals surface area contributed by atoms with E-state index < -0.39 is 0 Å². The van der Waals surface area contributed by atoms with Crippen molar-refractivity contribution in [2.45, 2.75) is 52.4 Å². The normalized spacial score (nSPS) is 15.0. The van der Waals surface area contributed by atoms with Crippen molar-refractivity contribution in [1.29, 1.82) is 0 Å². The summed E-state index contributed by atoms with van der Waals surface area (Å²) in [6.45, 7) is 5.93. The number of benzene rings is 1. The Morgan fingerprint density at radius 1 is 1.16 bits per heavy atom. The zero-order chi connectivity index (χ0) is 17.6. The number of carbonyl (C=O) groups is 1. The fourth-order valence-corrected chi connectivity index (χ4v) is 3.48. The smallest absolute Gasteiger partial charge is 0.224 e. The highest BCUT2D eigenvalue weighted by atomic mass is 16.5. The fraction of sp³-hybridized carbons (Fsp3) is 0.500. The molecule has 1 aromatic carbocycles. The van der Waals surface area contributed by atoms with Gasteiger partial charge in [0, 0.05) is 25.1 Å². The minimum Gasteiger partial charge on any atom is -0.370 e. The molecule has 0 bridgehead atoms. The monoisotopic (exact) mass is 341 g/mol. The topological polar surface area (TPSA) is 58.4 Å². The highest BCUT2D eigenvalue weighted by molar-refractivity contribution is 5.94. The summed E-state index contributed by atoms with van der Waals surface area (Å²) in [6, 6.07) is 8.12. The van der Waals surface area contributed by atoms with Crippen LogP contribution in [0.1, 0.15) is 49.1 Å². The molecule has 1 fully saturated rings. The maximum absolute atomic E-state index is 12.5. The molecule has 0 saturated carbocycles. The molecule has 134 valence electrons. The van der Waals surface area contributed by atoms with Crippen LogP contribution in [0.15, 0.2) is 28.8 Å². The van der Waals surface area contributed by atoms with Crippen molar-refractivity contribution < 1.29 is 9.32 Å². The molecule has 0 aliphatic carbocycles. The molecule has 5 heteroatoms. The Kier molecular flexibility index (Phi) is 5.74. The van der Waals surface area contributed by atoms with Crippen LogP contribution in [-0.2, 0) is 11.2 Å². The number of hydrogen-bond acceptors (Lipinski definition) is 4. The number of nitrogens with one attached hydrogen (secondary N) is 1. The Labute approximate surface area is 149 Å². The van der Waals surface area contributed by atoms with Crippen LogP contribution in [0.4, 0.5) is 11.4 Å². The molecule has 1 saturated heterocycles. The first-order valence-electron chi connectivity index (χ1n) is 9.20. The van der Waals surface area contributed by atoms with Crippen LogP contribution >= 0.6 is 0 Å². The molecular weight excluding hydrogens is 314 g/mol. The van der Waals surface area contributed by atoms with Gasteiger partial charge in [-0.05, 0) is 45.2 Å². The van der Waals surface area contributed by atoms with E-state index in [9.17, 15) is 4.79 Å². The van der Waals surface area contributed by atoms with E-state index >= 15 is 0 Å². The minimum atomic E-state index is 0.0299. The number of aromatic nitrogens is 1. The van der Waals surface area contributed by atoms with Gasteiger partial charge in [0.25, 0.3) is 0 Å². The fourth-order valence-electron chi connectivity index (χ4n) is 3.48. The van der Waals surface area contributed by atoms with Crippen molar-refractivity contribution in [3.8, 4) is 0 Å². The molecule has 3 rings (SSSR count). The lowest BCUT2D eigenvalue weighted by atomic mass is 10.1. The van der Waals surface area contributed by atoms with Gasteiger partial charge >= 0.3 is 0 Å². The Morgan fingerprint density at radius 2 is 1.88 bits per heavy atom. The second kappa shape index (κ2) is 8.19. The van der Waals surface area contributed by atoms with Gasteiger partial charge in [0.1, 0.15) is 5.76 Å². The van der Waals surface area contributed by atoms with E-state index in [-0.39, 0.29) is 5.91 Å². The van der Waals surface area contributed by atoms with E-state index in [1.807, 2.05) is 32.0 Å². The average Bonchev–Trinajstić information content (AvgIpc) is 2.81. The van der Waals surface area contributed by atoms with Crippen LogP contribution < -0.4 is 10.2 Å². The molecule has 1 amide bonds. The van der Waals surface area contributed by atoms with Crippen LogP contribution in [-0.4, -0.2) is 24.2 Å². The molecule has 1 aromatic heterocycles. The van der Waals surface area contributed by atoms with Crippen molar-refractivity contribution in [2.24, 2.45) is 0 Å². The van der Waals surface area contributed by atoms with Crippen LogP contribution in [0.5, 0.6) is 0 Å². The average molecular weight is 341 g/mol. The number of aryl methyl sites for hydroxylation is 2. The number of rotatable bonds is 5. The van der Waals surface area contributed by atoms with E-state index in [1.54, 1.807) is 0 Å². The second-order valence-electron chi connectivity index (χ2n) is 6.77. The molecule has 2 aromatic rings. The van der Waals surface area contributed by atoms with Crippen molar-refractivity contribution in [2.75, 3.05) is 23.3 Å². The second-order valence-corrected chi connectivity index (χ2v) is 6.77. The van der Waals surface area contributed by atoms with Crippen molar-refractivity contribution in [1.82, 2.24) is 5.16 Å². The summed E-state index contributed by atoms with van der Waals surface area (Å²) in [5.74, 6) is 0.831. The van der Waals surface area contributed by atoms with E-state index in [2.05, 4.69) is 21.4 Å². The Morgan fingerprint density at radius 3 is 2.56 bits per heavy atom. The molecule has 1 aliphatic rings. The first-order valence-corrected chi connectivity index (χ1v) is 9.20. The summed E-state index contributed by atoms with van der Waals surface area (Å²) in [6.07, 6.45) is 6.10. The number of hydrogen-bond donors (Lipinski definition) is 1. The van der Waals surface area contributed by atoms with Gasteiger partial charge < -0.3 is 14.7 Å². The summed E-state index contributed by atoms with van der Waals surface area (Å²) in [4.78, 5) is 14.9. The largest absolute Gasteiger partial charge is 0.370 e. The van der Waals surface area contributed by atoms with Gasteiger partial charge in [-0.25, -0.2) is 0 Å². The summed E-state index contributed by atoms with van der Waals surface area (Å²) in [7, 11) is 0. The van der Waals surface area contributed by atoms with E-state index in [0.29, 0.717) is 12.8 Å². The first-order chi connectivity index (χ1) is 12.1. The minimum absolute atomic E-state index is 0.0299. The molecule has 5 nitrogen and oxygen atoms in total. The highest BCUT2D eigenvalue weighted by Crippen LogP contribution is 2.28. The molecular formula is C20H27N3O2. The van der Waals surface area contributed by atoms with Crippen LogP contribution in [0.25, 0.3) is 0 Å². The molecule has 0 spiro atoms.